The van der Waals surface area contributed by atoms with E-state index in [0.717, 1.165) is 33.3 Å². The molecule has 31 heavy (non-hydrogen) atoms. The van der Waals surface area contributed by atoms with Gasteiger partial charge in [-0.3, -0.25) is 9.59 Å². The van der Waals surface area contributed by atoms with E-state index in [0.29, 0.717) is 17.1 Å². The molecule has 0 atom stereocenters. The van der Waals surface area contributed by atoms with E-state index in [2.05, 4.69) is 15.3 Å². The number of benzene rings is 2. The summed E-state index contributed by atoms with van der Waals surface area (Å²) in [5.74, 6) is 0.0175. The monoisotopic (exact) mass is 413 g/mol. The normalized spacial score (nSPS) is 10.8. The Kier molecular flexibility index (Phi) is 5.54. The maximum Gasteiger partial charge on any atom is 0.292 e. The Balaban J connectivity index is 1.41. The lowest BCUT2D eigenvalue weighted by atomic mass is 10.1. The number of fused-ring (bicyclic) bond motifs is 1. The fourth-order valence-electron chi connectivity index (χ4n) is 3.45. The van der Waals surface area contributed by atoms with Crippen molar-refractivity contribution >= 4 is 22.6 Å². The Morgan fingerprint density at radius 3 is 2.61 bits per heavy atom. The van der Waals surface area contributed by atoms with Crippen LogP contribution in [0.2, 0.25) is 0 Å². The van der Waals surface area contributed by atoms with E-state index in [1.54, 1.807) is 19.2 Å². The molecule has 0 bridgehead atoms. The van der Waals surface area contributed by atoms with Crippen molar-refractivity contribution in [2.24, 2.45) is 0 Å². The van der Waals surface area contributed by atoms with Crippen LogP contribution >= 0.6 is 0 Å². The fourth-order valence-corrected chi connectivity index (χ4v) is 3.45. The number of nitrogens with zero attached hydrogens (tertiary/aromatic N) is 1. The molecule has 0 saturated heterocycles. The highest BCUT2D eigenvalue weighted by atomic mass is 16.5. The number of H-pyrrole nitrogens is 1. The van der Waals surface area contributed by atoms with Crippen LogP contribution < -0.4 is 10.1 Å². The zero-order valence-corrected chi connectivity index (χ0v) is 17.7. The van der Waals surface area contributed by atoms with Crippen LogP contribution in [0.1, 0.15) is 32.7 Å². The van der Waals surface area contributed by atoms with Crippen molar-refractivity contribution in [1.29, 1.82) is 0 Å². The number of ketones is 1. The van der Waals surface area contributed by atoms with Gasteiger partial charge in [0.2, 0.25) is 5.88 Å². The van der Waals surface area contributed by atoms with Gasteiger partial charge in [-0.05, 0) is 49.6 Å². The number of aromatic amines is 1. The van der Waals surface area contributed by atoms with Crippen molar-refractivity contribution in [1.82, 2.24) is 15.3 Å². The average molecular weight is 413 g/mol. The van der Waals surface area contributed by atoms with Gasteiger partial charge in [0.25, 0.3) is 11.7 Å². The summed E-state index contributed by atoms with van der Waals surface area (Å²) < 4.78 is 5.86. The Hall–Kier alpha value is -3.93. The predicted octanol–water partition coefficient (Wildman–Crippen LogP) is 4.78. The molecule has 0 aliphatic carbocycles. The number of hydrogen-bond donors (Lipinski definition) is 2. The summed E-state index contributed by atoms with van der Waals surface area (Å²) >= 11 is 0. The third-order valence-corrected chi connectivity index (χ3v) is 5.14. The molecule has 6 nitrogen and oxygen atoms in total. The molecule has 0 spiro atoms. The Bertz CT molecular complexity index is 1270. The standard InChI is InChI=1S/C25H23N3O3/c1-15-8-9-16(2)21(12-15)31-22-11-10-18(13-26-22)14-27-25(30)24(29)23-17(3)28-20-7-5-4-6-19(20)23/h4-13,28H,14H2,1-3H3,(H,27,30). The van der Waals surface area contributed by atoms with E-state index in [4.69, 9.17) is 4.74 Å². The minimum Gasteiger partial charge on any atom is -0.439 e. The highest BCUT2D eigenvalue weighted by molar-refractivity contribution is 6.45. The van der Waals surface area contributed by atoms with Crippen LogP contribution in [0.4, 0.5) is 0 Å². The Labute approximate surface area is 180 Å². The molecule has 4 rings (SSSR count). The number of carbonyl (C=O) groups excluding carboxylic acids is 2. The lowest BCUT2D eigenvalue weighted by Crippen LogP contribution is -2.30. The average Bonchev–Trinajstić information content (AvgIpc) is 3.10. The van der Waals surface area contributed by atoms with Crippen molar-refractivity contribution in [2.75, 3.05) is 0 Å². The molecule has 2 aromatic carbocycles. The Morgan fingerprint density at radius 1 is 1.03 bits per heavy atom. The van der Waals surface area contributed by atoms with Gasteiger partial charge in [0.1, 0.15) is 5.75 Å². The molecule has 6 heteroatoms. The van der Waals surface area contributed by atoms with Gasteiger partial charge in [0.15, 0.2) is 0 Å². The first kappa shape index (κ1) is 20.3. The summed E-state index contributed by atoms with van der Waals surface area (Å²) in [6.45, 7) is 5.97. The van der Waals surface area contributed by atoms with Crippen molar-refractivity contribution in [3.05, 3.63) is 88.7 Å². The first-order chi connectivity index (χ1) is 14.9. The molecular formula is C25H23N3O3. The zero-order chi connectivity index (χ0) is 22.0. The quantitative estimate of drug-likeness (QED) is 0.352. The molecular weight excluding hydrogens is 390 g/mol. The molecule has 0 fully saturated rings. The lowest BCUT2D eigenvalue weighted by Gasteiger charge is -2.09. The van der Waals surface area contributed by atoms with E-state index in [1.807, 2.05) is 62.4 Å². The highest BCUT2D eigenvalue weighted by Crippen LogP contribution is 2.25. The van der Waals surface area contributed by atoms with Crippen LogP contribution in [0.15, 0.2) is 60.8 Å². The molecule has 156 valence electrons. The highest BCUT2D eigenvalue weighted by Gasteiger charge is 2.22. The second-order valence-electron chi connectivity index (χ2n) is 7.56. The number of ether oxygens (including phenoxy) is 1. The largest absolute Gasteiger partial charge is 0.439 e. The topological polar surface area (TPSA) is 84.1 Å². The fraction of sp³-hybridized carbons (Fsp3) is 0.160. The molecule has 0 saturated carbocycles. The smallest absolute Gasteiger partial charge is 0.292 e. The molecule has 0 aliphatic rings. The van der Waals surface area contributed by atoms with Crippen molar-refractivity contribution in [3.63, 3.8) is 0 Å². The van der Waals surface area contributed by atoms with Gasteiger partial charge in [-0.25, -0.2) is 4.98 Å². The van der Waals surface area contributed by atoms with Gasteiger partial charge < -0.3 is 15.0 Å². The molecule has 1 amide bonds. The Morgan fingerprint density at radius 2 is 1.84 bits per heavy atom. The zero-order valence-electron chi connectivity index (χ0n) is 17.7. The third-order valence-electron chi connectivity index (χ3n) is 5.14. The SMILES string of the molecule is Cc1ccc(C)c(Oc2ccc(CNC(=O)C(=O)c3c(C)[nH]c4ccccc34)cn2)c1. The third kappa shape index (κ3) is 4.33. The van der Waals surface area contributed by atoms with Crippen LogP contribution in [-0.2, 0) is 11.3 Å². The van der Waals surface area contributed by atoms with Crippen LogP contribution in [0.5, 0.6) is 11.6 Å². The number of hydrogen-bond acceptors (Lipinski definition) is 4. The first-order valence-corrected chi connectivity index (χ1v) is 10.0. The summed E-state index contributed by atoms with van der Waals surface area (Å²) in [6, 6.07) is 17.0. The number of aryl methyl sites for hydroxylation is 3. The van der Waals surface area contributed by atoms with E-state index in [1.165, 1.54) is 0 Å². The number of para-hydroxylation sites is 1. The molecule has 2 N–H and O–H groups in total. The molecule has 4 aromatic rings. The lowest BCUT2D eigenvalue weighted by molar-refractivity contribution is -0.117. The van der Waals surface area contributed by atoms with E-state index in [-0.39, 0.29) is 6.54 Å². The number of rotatable bonds is 6. The van der Waals surface area contributed by atoms with Crippen LogP contribution in [-0.4, -0.2) is 21.7 Å². The minimum absolute atomic E-state index is 0.197. The number of Topliss-reactive ketones (excluding diaryl/α,β-unsaturated/α-hetero) is 1. The van der Waals surface area contributed by atoms with Gasteiger partial charge in [0.05, 0.1) is 5.56 Å². The summed E-state index contributed by atoms with van der Waals surface area (Å²) in [7, 11) is 0. The molecule has 2 aromatic heterocycles. The van der Waals surface area contributed by atoms with Gasteiger partial charge in [-0.15, -0.1) is 0 Å². The van der Waals surface area contributed by atoms with Gasteiger partial charge in [0, 0.05) is 35.4 Å². The maximum atomic E-state index is 12.7. The summed E-state index contributed by atoms with van der Waals surface area (Å²) in [6.07, 6.45) is 1.63. The molecule has 2 heterocycles. The second kappa shape index (κ2) is 8.44. The first-order valence-electron chi connectivity index (χ1n) is 10.0. The van der Waals surface area contributed by atoms with Crippen LogP contribution in [0.25, 0.3) is 10.9 Å². The second-order valence-corrected chi connectivity index (χ2v) is 7.56. The van der Waals surface area contributed by atoms with E-state index >= 15 is 0 Å². The predicted molar refractivity (Wildman–Crippen MR) is 119 cm³/mol. The summed E-state index contributed by atoms with van der Waals surface area (Å²) in [4.78, 5) is 32.6. The molecule has 0 aliphatic heterocycles. The molecule has 0 unspecified atom stereocenters. The van der Waals surface area contributed by atoms with Crippen LogP contribution in [0.3, 0.4) is 0 Å². The van der Waals surface area contributed by atoms with Crippen molar-refractivity contribution in [3.8, 4) is 11.6 Å². The van der Waals surface area contributed by atoms with Gasteiger partial charge in [-0.1, -0.05) is 36.4 Å². The van der Waals surface area contributed by atoms with Crippen molar-refractivity contribution < 1.29 is 14.3 Å². The summed E-state index contributed by atoms with van der Waals surface area (Å²) in [5.41, 5.74) is 4.81. The number of aromatic nitrogens is 2. The number of nitrogens with one attached hydrogen (secondary N) is 2. The maximum absolute atomic E-state index is 12.7. The molecule has 0 radical (unpaired) electrons. The minimum atomic E-state index is -0.649. The van der Waals surface area contributed by atoms with Gasteiger partial charge in [-0.2, -0.15) is 0 Å². The van der Waals surface area contributed by atoms with Crippen LogP contribution in [0, 0.1) is 20.8 Å². The van der Waals surface area contributed by atoms with E-state index in [9.17, 15) is 9.59 Å². The van der Waals surface area contributed by atoms with Crippen molar-refractivity contribution in [2.45, 2.75) is 27.3 Å². The number of amides is 1. The summed E-state index contributed by atoms with van der Waals surface area (Å²) in [5, 5.41) is 3.43. The number of carbonyl (C=O) groups is 2. The number of pyridine rings is 1. The van der Waals surface area contributed by atoms with Gasteiger partial charge >= 0.3 is 0 Å². The van der Waals surface area contributed by atoms with E-state index < -0.39 is 11.7 Å².